The molecule has 0 heterocycles. The Balaban J connectivity index is 2.08. The van der Waals surface area contributed by atoms with Gasteiger partial charge in [-0.3, -0.25) is 4.79 Å². The van der Waals surface area contributed by atoms with Gasteiger partial charge in [0.1, 0.15) is 5.75 Å². The lowest BCUT2D eigenvalue weighted by Gasteiger charge is -2.12. The number of unbranched alkanes of at least 4 members (excludes halogenated alkanes) is 1. The van der Waals surface area contributed by atoms with Crippen molar-refractivity contribution in [2.24, 2.45) is 5.73 Å². The molecule has 25 heavy (non-hydrogen) atoms. The fraction of sp³-hybridized carbons (Fsp3) is 0.381. The molecule has 0 aliphatic heterocycles. The summed E-state index contributed by atoms with van der Waals surface area (Å²) in [6.07, 6.45) is 3.60. The average Bonchev–Trinajstić information content (AvgIpc) is 2.64. The van der Waals surface area contributed by atoms with Gasteiger partial charge < -0.3 is 15.6 Å². The van der Waals surface area contributed by atoms with Crippen molar-refractivity contribution in [3.63, 3.8) is 0 Å². The van der Waals surface area contributed by atoms with Crippen LogP contribution in [0.3, 0.4) is 0 Å². The molecule has 0 unspecified atom stereocenters. The van der Waals surface area contributed by atoms with Crippen LogP contribution < -0.4 is 10.5 Å². The minimum absolute atomic E-state index is 0.162. The fourth-order valence-electron chi connectivity index (χ4n) is 2.77. The van der Waals surface area contributed by atoms with E-state index in [-0.39, 0.29) is 6.42 Å². The smallest absolute Gasteiger partial charge is 0.303 e. The van der Waals surface area contributed by atoms with E-state index in [1.807, 2.05) is 18.2 Å². The molecule has 134 valence electrons. The van der Waals surface area contributed by atoms with Gasteiger partial charge in [-0.05, 0) is 66.6 Å². The molecule has 3 N–H and O–H groups in total. The Hall–Kier alpha value is -2.33. The second-order valence-electron chi connectivity index (χ2n) is 6.11. The maximum Gasteiger partial charge on any atom is 0.303 e. The minimum Gasteiger partial charge on any atom is -0.494 e. The van der Waals surface area contributed by atoms with Crippen LogP contribution in [0.4, 0.5) is 0 Å². The van der Waals surface area contributed by atoms with Gasteiger partial charge in [0, 0.05) is 6.42 Å². The third kappa shape index (κ3) is 5.91. The third-order valence-electron chi connectivity index (χ3n) is 4.22. The summed E-state index contributed by atoms with van der Waals surface area (Å²) < 4.78 is 5.80. The van der Waals surface area contributed by atoms with Crippen LogP contribution in [-0.2, 0) is 17.6 Å². The van der Waals surface area contributed by atoms with Gasteiger partial charge in [-0.25, -0.2) is 0 Å². The number of ether oxygens (including phenoxy) is 1. The van der Waals surface area contributed by atoms with E-state index >= 15 is 0 Å². The number of hydrogen-bond donors (Lipinski definition) is 2. The molecule has 2 aromatic rings. The van der Waals surface area contributed by atoms with E-state index in [0.717, 1.165) is 36.1 Å². The Morgan fingerprint density at radius 2 is 1.88 bits per heavy atom. The maximum atomic E-state index is 10.7. The maximum absolute atomic E-state index is 10.7. The van der Waals surface area contributed by atoms with Gasteiger partial charge in [-0.1, -0.05) is 37.3 Å². The van der Waals surface area contributed by atoms with Crippen LogP contribution >= 0.6 is 0 Å². The average molecular weight is 341 g/mol. The summed E-state index contributed by atoms with van der Waals surface area (Å²) in [6, 6.07) is 14.4. The first kappa shape index (κ1) is 19.0. The summed E-state index contributed by atoms with van der Waals surface area (Å²) in [6.45, 7) is 3.53. The van der Waals surface area contributed by atoms with Gasteiger partial charge in [-0.2, -0.15) is 0 Å². The first-order valence-electron chi connectivity index (χ1n) is 8.91. The van der Waals surface area contributed by atoms with E-state index in [1.54, 1.807) is 0 Å². The molecule has 0 fully saturated rings. The van der Waals surface area contributed by atoms with E-state index in [4.69, 9.17) is 15.6 Å². The van der Waals surface area contributed by atoms with Crippen molar-refractivity contribution in [1.29, 1.82) is 0 Å². The monoisotopic (exact) mass is 341 g/mol. The molecule has 0 atom stereocenters. The van der Waals surface area contributed by atoms with E-state index in [2.05, 4.69) is 31.2 Å². The molecule has 0 radical (unpaired) electrons. The Bertz CT molecular complexity index is 680. The molecule has 0 aromatic heterocycles. The molecular weight excluding hydrogens is 314 g/mol. The van der Waals surface area contributed by atoms with Gasteiger partial charge >= 0.3 is 5.97 Å². The number of benzene rings is 2. The molecule has 0 saturated carbocycles. The van der Waals surface area contributed by atoms with Crippen molar-refractivity contribution in [2.75, 3.05) is 13.2 Å². The Morgan fingerprint density at radius 1 is 1.12 bits per heavy atom. The van der Waals surface area contributed by atoms with Crippen molar-refractivity contribution < 1.29 is 14.6 Å². The highest BCUT2D eigenvalue weighted by Crippen LogP contribution is 2.28. The molecule has 0 aliphatic rings. The zero-order valence-corrected chi connectivity index (χ0v) is 14.8. The highest BCUT2D eigenvalue weighted by Gasteiger charge is 2.07. The Kier molecular flexibility index (Phi) is 7.48. The number of carboxylic acids is 1. The van der Waals surface area contributed by atoms with Crippen LogP contribution in [0.25, 0.3) is 11.1 Å². The van der Waals surface area contributed by atoms with Crippen LogP contribution in [0.2, 0.25) is 0 Å². The van der Waals surface area contributed by atoms with E-state index < -0.39 is 5.97 Å². The standard InChI is InChI=1S/C21H27NO3/c1-2-17-15-19(25-14-4-3-13-22)10-11-20(17)18-8-5-16(6-9-18)7-12-21(23)24/h5-6,8-11,15H,2-4,7,12-14,22H2,1H3,(H,23,24). The number of rotatable bonds is 10. The summed E-state index contributed by atoms with van der Waals surface area (Å²) >= 11 is 0. The SMILES string of the molecule is CCc1cc(OCCCCN)ccc1-c1ccc(CCC(=O)O)cc1. The summed E-state index contributed by atoms with van der Waals surface area (Å²) in [5, 5.41) is 8.78. The molecule has 4 heteroatoms. The summed E-state index contributed by atoms with van der Waals surface area (Å²) in [5.41, 5.74) is 10.1. The molecule has 0 amide bonds. The predicted molar refractivity (Wildman–Crippen MR) is 101 cm³/mol. The van der Waals surface area contributed by atoms with Crippen LogP contribution in [-0.4, -0.2) is 24.2 Å². The topological polar surface area (TPSA) is 72.5 Å². The quantitative estimate of drug-likeness (QED) is 0.640. The highest BCUT2D eigenvalue weighted by molar-refractivity contribution is 5.69. The number of aliphatic carboxylic acids is 1. The number of aryl methyl sites for hydroxylation is 2. The number of hydrogen-bond acceptors (Lipinski definition) is 3. The molecular formula is C21H27NO3. The van der Waals surface area contributed by atoms with Crippen molar-refractivity contribution in [1.82, 2.24) is 0 Å². The molecule has 0 bridgehead atoms. The van der Waals surface area contributed by atoms with Crippen LogP contribution in [0.15, 0.2) is 42.5 Å². The van der Waals surface area contributed by atoms with E-state index in [1.165, 1.54) is 11.1 Å². The van der Waals surface area contributed by atoms with Crippen molar-refractivity contribution in [2.45, 2.75) is 39.0 Å². The highest BCUT2D eigenvalue weighted by atomic mass is 16.5. The Labute approximate surface area is 149 Å². The Morgan fingerprint density at radius 3 is 2.52 bits per heavy atom. The van der Waals surface area contributed by atoms with Gasteiger partial charge in [0.05, 0.1) is 6.61 Å². The fourth-order valence-corrected chi connectivity index (χ4v) is 2.77. The molecule has 0 spiro atoms. The van der Waals surface area contributed by atoms with E-state index in [0.29, 0.717) is 19.6 Å². The first-order valence-corrected chi connectivity index (χ1v) is 8.91. The van der Waals surface area contributed by atoms with Crippen molar-refractivity contribution in [3.05, 3.63) is 53.6 Å². The van der Waals surface area contributed by atoms with Gasteiger partial charge in [0.2, 0.25) is 0 Å². The lowest BCUT2D eigenvalue weighted by Crippen LogP contribution is -2.03. The summed E-state index contributed by atoms with van der Waals surface area (Å²) in [4.78, 5) is 10.7. The first-order chi connectivity index (χ1) is 12.1. The third-order valence-corrected chi connectivity index (χ3v) is 4.22. The van der Waals surface area contributed by atoms with Crippen molar-refractivity contribution in [3.8, 4) is 16.9 Å². The largest absolute Gasteiger partial charge is 0.494 e. The molecule has 2 aromatic carbocycles. The zero-order chi connectivity index (χ0) is 18.1. The number of carboxylic acid groups (broad SMARTS) is 1. The van der Waals surface area contributed by atoms with Gasteiger partial charge in [-0.15, -0.1) is 0 Å². The number of nitrogens with two attached hydrogens (primary N) is 1. The molecule has 0 saturated heterocycles. The van der Waals surface area contributed by atoms with E-state index in [9.17, 15) is 4.79 Å². The summed E-state index contributed by atoms with van der Waals surface area (Å²) in [7, 11) is 0. The lowest BCUT2D eigenvalue weighted by molar-refractivity contribution is -0.136. The normalized spacial score (nSPS) is 10.6. The van der Waals surface area contributed by atoms with Gasteiger partial charge in [0.25, 0.3) is 0 Å². The molecule has 0 aliphatic carbocycles. The number of carbonyl (C=O) groups is 1. The predicted octanol–water partition coefficient (Wildman–Crippen LogP) is 4.05. The second kappa shape index (κ2) is 9.84. The van der Waals surface area contributed by atoms with Crippen molar-refractivity contribution >= 4 is 5.97 Å². The summed E-state index contributed by atoms with van der Waals surface area (Å²) in [5.74, 6) is 0.134. The van der Waals surface area contributed by atoms with Gasteiger partial charge in [0.15, 0.2) is 0 Å². The zero-order valence-electron chi connectivity index (χ0n) is 14.8. The minimum atomic E-state index is -0.764. The molecule has 2 rings (SSSR count). The second-order valence-corrected chi connectivity index (χ2v) is 6.11. The molecule has 4 nitrogen and oxygen atoms in total. The van der Waals surface area contributed by atoms with Crippen LogP contribution in [0.1, 0.15) is 37.3 Å². The lowest BCUT2D eigenvalue weighted by atomic mass is 9.96. The van der Waals surface area contributed by atoms with Crippen LogP contribution in [0, 0.1) is 0 Å². The van der Waals surface area contributed by atoms with Crippen LogP contribution in [0.5, 0.6) is 5.75 Å².